The van der Waals surface area contributed by atoms with E-state index in [1.165, 1.54) is 5.56 Å². The Morgan fingerprint density at radius 1 is 1.04 bits per heavy atom. The largest absolute Gasteiger partial charge is 0.497 e. The van der Waals surface area contributed by atoms with E-state index < -0.39 is 0 Å². The van der Waals surface area contributed by atoms with Gasteiger partial charge in [-0.15, -0.1) is 5.10 Å². The van der Waals surface area contributed by atoms with E-state index in [4.69, 9.17) is 13.9 Å². The molecular formula is C20H21N3O4. The van der Waals surface area contributed by atoms with Crippen LogP contribution in [-0.2, 0) is 17.6 Å². The van der Waals surface area contributed by atoms with E-state index >= 15 is 0 Å². The van der Waals surface area contributed by atoms with Gasteiger partial charge in [0.2, 0.25) is 5.91 Å². The number of amides is 1. The van der Waals surface area contributed by atoms with Crippen LogP contribution >= 0.6 is 0 Å². The number of hydrogen-bond donors (Lipinski definition) is 1. The Hall–Kier alpha value is -3.35. The van der Waals surface area contributed by atoms with E-state index in [1.54, 1.807) is 32.4 Å². The molecule has 1 heterocycles. The number of hydrogen-bond acceptors (Lipinski definition) is 6. The number of aryl methyl sites for hydroxylation is 1. The number of anilines is 1. The van der Waals surface area contributed by atoms with Gasteiger partial charge in [0.05, 0.1) is 26.2 Å². The van der Waals surface area contributed by atoms with Crippen molar-refractivity contribution >= 4 is 11.9 Å². The highest BCUT2D eigenvalue weighted by Gasteiger charge is 2.16. The first-order chi connectivity index (χ1) is 13.1. The van der Waals surface area contributed by atoms with E-state index in [0.29, 0.717) is 17.1 Å². The summed E-state index contributed by atoms with van der Waals surface area (Å²) in [6.07, 6.45) is 1.19. The molecule has 0 radical (unpaired) electrons. The lowest BCUT2D eigenvalue weighted by Crippen LogP contribution is -2.14. The third-order valence-electron chi connectivity index (χ3n) is 4.11. The van der Waals surface area contributed by atoms with Crippen LogP contribution in [0.5, 0.6) is 11.5 Å². The van der Waals surface area contributed by atoms with Crippen molar-refractivity contribution in [2.75, 3.05) is 19.5 Å². The first-order valence-electron chi connectivity index (χ1n) is 8.56. The first-order valence-corrected chi connectivity index (χ1v) is 8.56. The SMILES string of the molecule is CCc1ccc(CC(=O)Nc2nnc(-c3ccc(OC)cc3OC)o2)cc1. The highest BCUT2D eigenvalue weighted by Crippen LogP contribution is 2.33. The fraction of sp³-hybridized carbons (Fsp3) is 0.250. The second kappa shape index (κ2) is 8.35. The minimum absolute atomic E-state index is 0.0399. The number of carbonyl (C=O) groups excluding carboxylic acids is 1. The smallest absolute Gasteiger partial charge is 0.322 e. The van der Waals surface area contributed by atoms with Gasteiger partial charge in [0, 0.05) is 6.07 Å². The van der Waals surface area contributed by atoms with Crippen LogP contribution in [0.4, 0.5) is 6.01 Å². The van der Waals surface area contributed by atoms with E-state index in [2.05, 4.69) is 22.4 Å². The molecule has 0 aliphatic carbocycles. The normalized spacial score (nSPS) is 10.5. The molecule has 3 aromatic rings. The Kier molecular flexibility index (Phi) is 5.71. The summed E-state index contributed by atoms with van der Waals surface area (Å²) >= 11 is 0. The molecule has 0 aliphatic heterocycles. The van der Waals surface area contributed by atoms with Gasteiger partial charge in [0.15, 0.2) is 0 Å². The zero-order valence-corrected chi connectivity index (χ0v) is 15.5. The van der Waals surface area contributed by atoms with Gasteiger partial charge in [0.25, 0.3) is 5.89 Å². The second-order valence-electron chi connectivity index (χ2n) is 5.87. The summed E-state index contributed by atoms with van der Waals surface area (Å²) in [6, 6.07) is 13.2. The molecule has 3 rings (SSSR count). The lowest BCUT2D eigenvalue weighted by Gasteiger charge is -2.07. The monoisotopic (exact) mass is 367 g/mol. The number of nitrogens with zero attached hydrogens (tertiary/aromatic N) is 2. The predicted molar refractivity (Wildman–Crippen MR) is 101 cm³/mol. The Morgan fingerprint density at radius 2 is 1.78 bits per heavy atom. The minimum atomic E-state index is -0.226. The Bertz CT molecular complexity index is 919. The molecule has 0 saturated carbocycles. The van der Waals surface area contributed by atoms with Crippen LogP contribution in [0.3, 0.4) is 0 Å². The van der Waals surface area contributed by atoms with Crippen LogP contribution in [0, 0.1) is 0 Å². The van der Waals surface area contributed by atoms with Crippen molar-refractivity contribution in [3.8, 4) is 23.0 Å². The van der Waals surface area contributed by atoms with Gasteiger partial charge in [-0.1, -0.05) is 36.3 Å². The molecule has 7 heteroatoms. The van der Waals surface area contributed by atoms with Crippen LogP contribution < -0.4 is 14.8 Å². The van der Waals surface area contributed by atoms with Gasteiger partial charge >= 0.3 is 6.01 Å². The fourth-order valence-electron chi connectivity index (χ4n) is 2.60. The lowest BCUT2D eigenvalue weighted by atomic mass is 10.1. The molecule has 1 N–H and O–H groups in total. The van der Waals surface area contributed by atoms with Crippen LogP contribution in [0.25, 0.3) is 11.5 Å². The first kappa shape index (κ1) is 18.4. The number of methoxy groups -OCH3 is 2. The van der Waals surface area contributed by atoms with Gasteiger partial charge < -0.3 is 13.9 Å². The number of rotatable bonds is 7. The highest BCUT2D eigenvalue weighted by molar-refractivity contribution is 5.90. The molecule has 27 heavy (non-hydrogen) atoms. The van der Waals surface area contributed by atoms with Crippen molar-refractivity contribution in [3.63, 3.8) is 0 Å². The number of benzene rings is 2. The maximum absolute atomic E-state index is 12.2. The number of nitrogens with one attached hydrogen (secondary N) is 1. The molecule has 0 atom stereocenters. The topological polar surface area (TPSA) is 86.5 Å². The summed E-state index contributed by atoms with van der Waals surface area (Å²) in [4.78, 5) is 12.2. The van der Waals surface area contributed by atoms with Crippen molar-refractivity contribution in [1.82, 2.24) is 10.2 Å². The summed E-state index contributed by atoms with van der Waals surface area (Å²) in [7, 11) is 3.12. The fourth-order valence-corrected chi connectivity index (χ4v) is 2.60. The van der Waals surface area contributed by atoms with Gasteiger partial charge in [-0.05, 0) is 29.7 Å². The van der Waals surface area contributed by atoms with Crippen molar-refractivity contribution in [2.45, 2.75) is 19.8 Å². The maximum Gasteiger partial charge on any atom is 0.322 e. The Labute approximate surface area is 157 Å². The standard InChI is InChI=1S/C20H21N3O4/c1-4-13-5-7-14(8-6-13)11-18(24)21-20-23-22-19(27-20)16-10-9-15(25-2)12-17(16)26-3/h5-10,12H,4,11H2,1-3H3,(H,21,23,24). The van der Waals surface area contributed by atoms with E-state index in [-0.39, 0.29) is 24.2 Å². The van der Waals surface area contributed by atoms with Gasteiger partial charge in [-0.25, -0.2) is 0 Å². The van der Waals surface area contributed by atoms with Crippen LogP contribution in [0.15, 0.2) is 46.9 Å². The molecule has 0 aliphatic rings. The molecular weight excluding hydrogens is 346 g/mol. The maximum atomic E-state index is 12.2. The van der Waals surface area contributed by atoms with Gasteiger partial charge in [0.1, 0.15) is 11.5 Å². The van der Waals surface area contributed by atoms with E-state index in [0.717, 1.165) is 12.0 Å². The zero-order valence-electron chi connectivity index (χ0n) is 15.5. The van der Waals surface area contributed by atoms with Crippen molar-refractivity contribution in [1.29, 1.82) is 0 Å². The summed E-state index contributed by atoms with van der Waals surface area (Å²) in [5, 5.41) is 10.5. The van der Waals surface area contributed by atoms with Crippen molar-refractivity contribution in [2.24, 2.45) is 0 Å². The summed E-state index contributed by atoms with van der Waals surface area (Å²) in [6.45, 7) is 2.09. The number of carbonyl (C=O) groups is 1. The van der Waals surface area contributed by atoms with Crippen molar-refractivity contribution in [3.05, 3.63) is 53.6 Å². The van der Waals surface area contributed by atoms with Crippen molar-refractivity contribution < 1.29 is 18.7 Å². The third kappa shape index (κ3) is 4.44. The molecule has 0 unspecified atom stereocenters. The minimum Gasteiger partial charge on any atom is -0.497 e. The molecule has 0 fully saturated rings. The summed E-state index contributed by atoms with van der Waals surface area (Å²) < 4.78 is 16.1. The average Bonchev–Trinajstić information content (AvgIpc) is 3.16. The molecule has 1 amide bonds. The quantitative estimate of drug-likeness (QED) is 0.688. The molecule has 140 valence electrons. The van der Waals surface area contributed by atoms with E-state index in [1.807, 2.05) is 24.3 Å². The lowest BCUT2D eigenvalue weighted by molar-refractivity contribution is -0.115. The molecule has 0 bridgehead atoms. The highest BCUT2D eigenvalue weighted by atomic mass is 16.5. The number of ether oxygens (including phenoxy) is 2. The molecule has 2 aromatic carbocycles. The molecule has 0 spiro atoms. The molecule has 0 saturated heterocycles. The van der Waals surface area contributed by atoms with Gasteiger partial charge in [-0.2, -0.15) is 0 Å². The van der Waals surface area contributed by atoms with E-state index in [9.17, 15) is 4.79 Å². The van der Waals surface area contributed by atoms with Crippen LogP contribution in [-0.4, -0.2) is 30.3 Å². The molecule has 7 nitrogen and oxygen atoms in total. The van der Waals surface area contributed by atoms with Gasteiger partial charge in [-0.3, -0.25) is 10.1 Å². The molecule has 1 aromatic heterocycles. The summed E-state index contributed by atoms with van der Waals surface area (Å²) in [5.74, 6) is 1.21. The zero-order chi connectivity index (χ0) is 19.2. The second-order valence-corrected chi connectivity index (χ2v) is 5.87. The van der Waals surface area contributed by atoms with Crippen LogP contribution in [0.2, 0.25) is 0 Å². The number of aromatic nitrogens is 2. The van der Waals surface area contributed by atoms with Crippen LogP contribution in [0.1, 0.15) is 18.1 Å². The predicted octanol–water partition coefficient (Wildman–Crippen LogP) is 3.50. The Balaban J connectivity index is 1.69. The Morgan fingerprint density at radius 3 is 2.44 bits per heavy atom. The summed E-state index contributed by atoms with van der Waals surface area (Å²) in [5.41, 5.74) is 2.76. The average molecular weight is 367 g/mol. The third-order valence-corrected chi connectivity index (χ3v) is 4.11.